The summed E-state index contributed by atoms with van der Waals surface area (Å²) in [5, 5.41) is 3.58. The van der Waals surface area contributed by atoms with Crippen LogP contribution in [0.2, 0.25) is 0 Å². The van der Waals surface area contributed by atoms with Gasteiger partial charge in [0.25, 0.3) is 0 Å². The second kappa shape index (κ2) is 3.93. The Kier molecular flexibility index (Phi) is 2.65. The van der Waals surface area contributed by atoms with Crippen molar-refractivity contribution in [2.75, 3.05) is 6.54 Å². The standard InChI is InChI=1S/C12H17N/c1-10-6-2-3-7-11(10)12-8-4-5-9-13-12/h2-3,6-7,12-13H,4-5,8-9H2,1H3/t12-/m0/s1. The number of aryl methyl sites for hydroxylation is 1. The van der Waals surface area contributed by atoms with Crippen LogP contribution < -0.4 is 5.32 Å². The molecule has 1 aliphatic rings. The Balaban J connectivity index is 2.18. The van der Waals surface area contributed by atoms with Gasteiger partial charge in [0, 0.05) is 6.04 Å². The summed E-state index contributed by atoms with van der Waals surface area (Å²) in [5.74, 6) is 0. The highest BCUT2D eigenvalue weighted by Gasteiger charge is 2.15. The van der Waals surface area contributed by atoms with Gasteiger partial charge in [-0.15, -0.1) is 0 Å². The Labute approximate surface area is 80.2 Å². The largest absolute Gasteiger partial charge is 0.310 e. The fraction of sp³-hybridized carbons (Fsp3) is 0.500. The van der Waals surface area contributed by atoms with Crippen molar-refractivity contribution in [2.24, 2.45) is 0 Å². The zero-order chi connectivity index (χ0) is 9.10. The van der Waals surface area contributed by atoms with Crippen molar-refractivity contribution in [2.45, 2.75) is 32.2 Å². The molecule has 1 fully saturated rings. The molecular formula is C12H17N. The van der Waals surface area contributed by atoms with Crippen molar-refractivity contribution >= 4 is 0 Å². The fourth-order valence-corrected chi connectivity index (χ4v) is 2.10. The van der Waals surface area contributed by atoms with E-state index in [2.05, 4.69) is 36.5 Å². The first-order valence-electron chi connectivity index (χ1n) is 5.17. The lowest BCUT2D eigenvalue weighted by Crippen LogP contribution is -2.27. The normalized spacial score (nSPS) is 23.0. The van der Waals surface area contributed by atoms with Crippen LogP contribution in [-0.4, -0.2) is 6.54 Å². The van der Waals surface area contributed by atoms with Crippen LogP contribution in [-0.2, 0) is 0 Å². The fourth-order valence-electron chi connectivity index (χ4n) is 2.10. The molecule has 2 rings (SSSR count). The molecule has 1 nitrogen and oxygen atoms in total. The molecule has 1 saturated heterocycles. The van der Waals surface area contributed by atoms with E-state index < -0.39 is 0 Å². The molecular weight excluding hydrogens is 158 g/mol. The summed E-state index contributed by atoms with van der Waals surface area (Å²) in [6.07, 6.45) is 4.00. The third-order valence-electron chi connectivity index (χ3n) is 2.87. The summed E-state index contributed by atoms with van der Waals surface area (Å²) in [6.45, 7) is 3.38. The summed E-state index contributed by atoms with van der Waals surface area (Å²) in [7, 11) is 0. The number of hydrogen-bond donors (Lipinski definition) is 1. The molecule has 1 aromatic rings. The van der Waals surface area contributed by atoms with E-state index in [0.29, 0.717) is 6.04 Å². The van der Waals surface area contributed by atoms with Crippen molar-refractivity contribution in [3.8, 4) is 0 Å². The molecule has 0 amide bonds. The monoisotopic (exact) mass is 175 g/mol. The number of nitrogens with one attached hydrogen (secondary N) is 1. The lowest BCUT2D eigenvalue weighted by Gasteiger charge is -2.25. The Hall–Kier alpha value is -0.820. The molecule has 1 heteroatoms. The highest BCUT2D eigenvalue weighted by atomic mass is 14.9. The van der Waals surface area contributed by atoms with Gasteiger partial charge in [0.2, 0.25) is 0 Å². The van der Waals surface area contributed by atoms with E-state index in [-0.39, 0.29) is 0 Å². The molecule has 0 radical (unpaired) electrons. The molecule has 0 saturated carbocycles. The predicted octanol–water partition coefficient (Wildman–Crippen LogP) is 2.81. The number of rotatable bonds is 1. The molecule has 1 aromatic carbocycles. The molecule has 0 aliphatic carbocycles. The molecule has 0 spiro atoms. The van der Waals surface area contributed by atoms with E-state index >= 15 is 0 Å². The third-order valence-corrected chi connectivity index (χ3v) is 2.87. The van der Waals surface area contributed by atoms with Crippen molar-refractivity contribution in [3.63, 3.8) is 0 Å². The second-order valence-electron chi connectivity index (χ2n) is 3.86. The van der Waals surface area contributed by atoms with E-state index in [4.69, 9.17) is 0 Å². The number of hydrogen-bond acceptors (Lipinski definition) is 1. The minimum Gasteiger partial charge on any atom is -0.310 e. The average Bonchev–Trinajstić information content (AvgIpc) is 2.20. The Morgan fingerprint density at radius 3 is 2.77 bits per heavy atom. The van der Waals surface area contributed by atoms with E-state index in [1.54, 1.807) is 0 Å². The summed E-state index contributed by atoms with van der Waals surface area (Å²) < 4.78 is 0. The molecule has 70 valence electrons. The molecule has 1 N–H and O–H groups in total. The predicted molar refractivity (Wildman–Crippen MR) is 55.8 cm³/mol. The highest BCUT2D eigenvalue weighted by Crippen LogP contribution is 2.24. The van der Waals surface area contributed by atoms with Gasteiger partial charge in [-0.05, 0) is 37.4 Å². The van der Waals surface area contributed by atoms with Crippen LogP contribution in [0.4, 0.5) is 0 Å². The SMILES string of the molecule is Cc1ccccc1[C@@H]1CCCCN1. The molecule has 13 heavy (non-hydrogen) atoms. The number of benzene rings is 1. The lowest BCUT2D eigenvalue weighted by atomic mass is 9.94. The van der Waals surface area contributed by atoms with Crippen LogP contribution in [0.3, 0.4) is 0 Å². The van der Waals surface area contributed by atoms with Gasteiger partial charge in [0.1, 0.15) is 0 Å². The van der Waals surface area contributed by atoms with Gasteiger partial charge in [-0.3, -0.25) is 0 Å². The van der Waals surface area contributed by atoms with E-state index in [1.807, 2.05) is 0 Å². The summed E-state index contributed by atoms with van der Waals surface area (Å²) in [6, 6.07) is 9.31. The maximum atomic E-state index is 3.58. The van der Waals surface area contributed by atoms with Crippen molar-refractivity contribution < 1.29 is 0 Å². The van der Waals surface area contributed by atoms with Gasteiger partial charge in [0.15, 0.2) is 0 Å². The zero-order valence-corrected chi connectivity index (χ0v) is 8.22. The molecule has 1 heterocycles. The van der Waals surface area contributed by atoms with E-state index in [0.717, 1.165) is 0 Å². The van der Waals surface area contributed by atoms with Crippen LogP contribution >= 0.6 is 0 Å². The van der Waals surface area contributed by atoms with Gasteiger partial charge in [0.05, 0.1) is 0 Å². The van der Waals surface area contributed by atoms with Gasteiger partial charge < -0.3 is 5.32 Å². The lowest BCUT2D eigenvalue weighted by molar-refractivity contribution is 0.411. The third kappa shape index (κ3) is 1.92. The first kappa shape index (κ1) is 8.76. The maximum Gasteiger partial charge on any atom is 0.0322 e. The van der Waals surface area contributed by atoms with Crippen molar-refractivity contribution in [1.29, 1.82) is 0 Å². The topological polar surface area (TPSA) is 12.0 Å². The van der Waals surface area contributed by atoms with Gasteiger partial charge >= 0.3 is 0 Å². The quantitative estimate of drug-likeness (QED) is 0.692. The average molecular weight is 175 g/mol. The van der Waals surface area contributed by atoms with Gasteiger partial charge in [-0.2, -0.15) is 0 Å². The first-order valence-corrected chi connectivity index (χ1v) is 5.17. The Morgan fingerprint density at radius 2 is 2.08 bits per heavy atom. The van der Waals surface area contributed by atoms with Crippen LogP contribution in [0.1, 0.15) is 36.4 Å². The maximum absolute atomic E-state index is 3.58. The Morgan fingerprint density at radius 1 is 1.23 bits per heavy atom. The summed E-state index contributed by atoms with van der Waals surface area (Å²) in [5.41, 5.74) is 2.91. The molecule has 1 atom stereocenters. The van der Waals surface area contributed by atoms with Crippen molar-refractivity contribution in [1.82, 2.24) is 5.32 Å². The minimum atomic E-state index is 0.606. The van der Waals surface area contributed by atoms with E-state index in [1.165, 1.54) is 36.9 Å². The summed E-state index contributed by atoms with van der Waals surface area (Å²) in [4.78, 5) is 0. The van der Waals surface area contributed by atoms with Crippen LogP contribution in [0.25, 0.3) is 0 Å². The Bertz CT molecular complexity index is 274. The van der Waals surface area contributed by atoms with E-state index in [9.17, 15) is 0 Å². The van der Waals surface area contributed by atoms with Crippen LogP contribution in [0.5, 0.6) is 0 Å². The van der Waals surface area contributed by atoms with Crippen LogP contribution in [0, 0.1) is 6.92 Å². The second-order valence-corrected chi connectivity index (χ2v) is 3.86. The minimum absolute atomic E-state index is 0.606. The molecule has 0 aromatic heterocycles. The van der Waals surface area contributed by atoms with Crippen molar-refractivity contribution in [3.05, 3.63) is 35.4 Å². The number of piperidine rings is 1. The molecule has 0 bridgehead atoms. The highest BCUT2D eigenvalue weighted by molar-refractivity contribution is 5.28. The zero-order valence-electron chi connectivity index (χ0n) is 8.22. The smallest absolute Gasteiger partial charge is 0.0322 e. The molecule has 0 unspecified atom stereocenters. The van der Waals surface area contributed by atoms with Crippen LogP contribution in [0.15, 0.2) is 24.3 Å². The van der Waals surface area contributed by atoms with Gasteiger partial charge in [-0.1, -0.05) is 30.7 Å². The first-order chi connectivity index (χ1) is 6.38. The summed E-state index contributed by atoms with van der Waals surface area (Å²) >= 11 is 0. The van der Waals surface area contributed by atoms with Gasteiger partial charge in [-0.25, -0.2) is 0 Å². The molecule has 1 aliphatic heterocycles.